The first-order valence-corrected chi connectivity index (χ1v) is 6.62. The lowest BCUT2D eigenvalue weighted by Crippen LogP contribution is -2.33. The van der Waals surface area contributed by atoms with Crippen LogP contribution in [0.2, 0.25) is 0 Å². The number of nitrogens with zero attached hydrogens (tertiary/aromatic N) is 4. The Morgan fingerprint density at radius 1 is 1.47 bits per heavy atom. The van der Waals surface area contributed by atoms with Crippen LogP contribution in [0.3, 0.4) is 0 Å². The maximum Gasteiger partial charge on any atom is 0.273 e. The van der Waals surface area contributed by atoms with E-state index < -0.39 is 6.10 Å². The van der Waals surface area contributed by atoms with Crippen molar-refractivity contribution in [1.82, 2.24) is 19.9 Å². The van der Waals surface area contributed by atoms with Crippen LogP contribution in [0.5, 0.6) is 0 Å². The summed E-state index contributed by atoms with van der Waals surface area (Å²) in [6, 6.07) is 1.72. The lowest BCUT2D eigenvalue weighted by Gasteiger charge is -2.17. The maximum absolute atomic E-state index is 12.0. The molecule has 7 heteroatoms. The van der Waals surface area contributed by atoms with Gasteiger partial charge in [0.15, 0.2) is 10.8 Å². The van der Waals surface area contributed by atoms with Gasteiger partial charge < -0.3 is 10.0 Å². The van der Waals surface area contributed by atoms with E-state index in [-0.39, 0.29) is 12.5 Å². The van der Waals surface area contributed by atoms with Crippen molar-refractivity contribution in [2.24, 2.45) is 0 Å². The van der Waals surface area contributed by atoms with Crippen LogP contribution in [0.25, 0.3) is 10.8 Å². The summed E-state index contributed by atoms with van der Waals surface area (Å²) in [7, 11) is 1.63. The molecule has 2 aromatic rings. The van der Waals surface area contributed by atoms with Gasteiger partial charge in [0.05, 0.1) is 6.10 Å². The highest BCUT2D eigenvalue weighted by Gasteiger charge is 2.17. The fourth-order valence-electron chi connectivity index (χ4n) is 1.56. The van der Waals surface area contributed by atoms with Crippen LogP contribution in [0, 0.1) is 0 Å². The smallest absolute Gasteiger partial charge is 0.273 e. The molecule has 0 aromatic carbocycles. The highest BCUT2D eigenvalue weighted by atomic mass is 32.1. The number of thiazole rings is 1. The van der Waals surface area contributed by atoms with Crippen molar-refractivity contribution in [3.63, 3.8) is 0 Å². The molecule has 6 nitrogen and oxygen atoms in total. The highest BCUT2D eigenvalue weighted by Crippen LogP contribution is 2.20. The molecule has 1 N–H and O–H groups in total. The molecule has 2 heterocycles. The van der Waals surface area contributed by atoms with E-state index in [2.05, 4.69) is 15.0 Å². The number of hydrogen-bond donors (Lipinski definition) is 1. The van der Waals surface area contributed by atoms with Crippen molar-refractivity contribution in [2.75, 3.05) is 13.6 Å². The van der Waals surface area contributed by atoms with Gasteiger partial charge in [0.1, 0.15) is 5.69 Å². The number of rotatable bonds is 4. The van der Waals surface area contributed by atoms with Gasteiger partial charge in [0, 0.05) is 31.4 Å². The minimum atomic E-state index is -0.565. The van der Waals surface area contributed by atoms with Crippen molar-refractivity contribution >= 4 is 17.2 Å². The van der Waals surface area contributed by atoms with Gasteiger partial charge in [-0.1, -0.05) is 0 Å². The summed E-state index contributed by atoms with van der Waals surface area (Å²) in [5.74, 6) is 0.282. The van der Waals surface area contributed by atoms with Gasteiger partial charge in [0.25, 0.3) is 5.91 Å². The first-order chi connectivity index (χ1) is 9.08. The number of aliphatic hydroxyl groups excluding tert-OH is 1. The Bertz CT molecular complexity index is 556. The predicted octanol–water partition coefficient (Wildman–Crippen LogP) is 1.05. The van der Waals surface area contributed by atoms with Crippen LogP contribution in [0.4, 0.5) is 0 Å². The zero-order valence-corrected chi connectivity index (χ0v) is 11.5. The van der Waals surface area contributed by atoms with E-state index in [4.69, 9.17) is 0 Å². The van der Waals surface area contributed by atoms with Crippen LogP contribution in [0.15, 0.2) is 23.8 Å². The Balaban J connectivity index is 2.15. The van der Waals surface area contributed by atoms with Crippen molar-refractivity contribution in [3.8, 4) is 10.8 Å². The Morgan fingerprint density at radius 3 is 2.79 bits per heavy atom. The summed E-state index contributed by atoms with van der Waals surface area (Å²) < 4.78 is 0. The quantitative estimate of drug-likeness (QED) is 0.904. The van der Waals surface area contributed by atoms with Crippen molar-refractivity contribution < 1.29 is 9.90 Å². The Labute approximate surface area is 114 Å². The number of hydrogen-bond acceptors (Lipinski definition) is 6. The molecule has 100 valence electrons. The third kappa shape index (κ3) is 3.33. The molecule has 0 saturated heterocycles. The standard InChI is InChI=1S/C12H14N4O2S/c1-8(17)6-16(2)12(18)9-7-19-11(15-9)10-13-4-3-5-14-10/h3-5,7-8,17H,6H2,1-2H3. The van der Waals surface area contributed by atoms with Crippen molar-refractivity contribution in [3.05, 3.63) is 29.5 Å². The molecule has 1 amide bonds. The van der Waals surface area contributed by atoms with E-state index in [1.807, 2.05) is 0 Å². The highest BCUT2D eigenvalue weighted by molar-refractivity contribution is 7.13. The number of aromatic nitrogens is 3. The van der Waals surface area contributed by atoms with E-state index in [0.29, 0.717) is 16.5 Å². The summed E-state index contributed by atoms with van der Waals surface area (Å²) in [4.78, 5) is 25.9. The minimum Gasteiger partial charge on any atom is -0.392 e. The number of likely N-dealkylation sites (N-methyl/N-ethyl adjacent to an activating group) is 1. The second kappa shape index (κ2) is 5.85. The van der Waals surface area contributed by atoms with Gasteiger partial charge in [-0.3, -0.25) is 4.79 Å². The Hall–Kier alpha value is -1.86. The molecule has 2 aromatic heterocycles. The van der Waals surface area contributed by atoms with E-state index in [1.54, 1.807) is 37.8 Å². The average Bonchev–Trinajstić information content (AvgIpc) is 2.87. The third-order valence-electron chi connectivity index (χ3n) is 2.37. The topological polar surface area (TPSA) is 79.2 Å². The average molecular weight is 278 g/mol. The molecule has 1 unspecified atom stereocenters. The molecule has 0 aliphatic rings. The van der Waals surface area contributed by atoms with Crippen LogP contribution < -0.4 is 0 Å². The van der Waals surface area contributed by atoms with Crippen LogP contribution >= 0.6 is 11.3 Å². The van der Waals surface area contributed by atoms with Gasteiger partial charge in [-0.2, -0.15) is 0 Å². The van der Waals surface area contributed by atoms with Gasteiger partial charge in [-0.05, 0) is 13.0 Å². The van der Waals surface area contributed by atoms with E-state index in [1.165, 1.54) is 16.2 Å². The third-order valence-corrected chi connectivity index (χ3v) is 3.20. The van der Waals surface area contributed by atoms with Crippen LogP contribution in [-0.2, 0) is 0 Å². The SMILES string of the molecule is CC(O)CN(C)C(=O)c1csc(-c2ncccn2)n1. The molecule has 19 heavy (non-hydrogen) atoms. The fraction of sp³-hybridized carbons (Fsp3) is 0.333. The molecule has 0 bridgehead atoms. The Kier molecular flexibility index (Phi) is 4.18. The number of carbonyl (C=O) groups excluding carboxylic acids is 1. The van der Waals surface area contributed by atoms with Crippen molar-refractivity contribution in [1.29, 1.82) is 0 Å². The molecule has 2 rings (SSSR count). The number of aliphatic hydroxyl groups is 1. The second-order valence-electron chi connectivity index (χ2n) is 4.14. The van der Waals surface area contributed by atoms with Gasteiger partial charge in [-0.25, -0.2) is 15.0 Å². The Morgan fingerprint density at radius 2 is 2.16 bits per heavy atom. The van der Waals surface area contributed by atoms with Crippen molar-refractivity contribution in [2.45, 2.75) is 13.0 Å². The molecule has 0 saturated carbocycles. The van der Waals surface area contributed by atoms with E-state index in [9.17, 15) is 9.90 Å². The van der Waals surface area contributed by atoms with Gasteiger partial charge >= 0.3 is 0 Å². The van der Waals surface area contributed by atoms with Gasteiger partial charge in [0.2, 0.25) is 0 Å². The number of carbonyl (C=O) groups is 1. The van der Waals surface area contributed by atoms with E-state index in [0.717, 1.165) is 0 Å². The normalized spacial score (nSPS) is 12.2. The minimum absolute atomic E-state index is 0.223. The summed E-state index contributed by atoms with van der Waals surface area (Å²) in [6.45, 7) is 1.90. The molecule has 0 aliphatic carbocycles. The summed E-state index contributed by atoms with van der Waals surface area (Å²) in [5, 5.41) is 11.5. The van der Waals surface area contributed by atoms with E-state index >= 15 is 0 Å². The molecular formula is C12H14N4O2S. The lowest BCUT2D eigenvalue weighted by molar-refractivity contribution is 0.0699. The summed E-state index contributed by atoms with van der Waals surface area (Å²) >= 11 is 1.32. The summed E-state index contributed by atoms with van der Waals surface area (Å²) in [6.07, 6.45) is 2.69. The van der Waals surface area contributed by atoms with Gasteiger partial charge in [-0.15, -0.1) is 11.3 Å². The maximum atomic E-state index is 12.0. The first kappa shape index (κ1) is 13.6. The molecule has 0 fully saturated rings. The predicted molar refractivity (Wildman–Crippen MR) is 71.8 cm³/mol. The molecular weight excluding hydrogens is 264 g/mol. The zero-order chi connectivity index (χ0) is 13.8. The monoisotopic (exact) mass is 278 g/mol. The molecule has 0 spiro atoms. The largest absolute Gasteiger partial charge is 0.392 e. The molecule has 0 aliphatic heterocycles. The number of amides is 1. The zero-order valence-electron chi connectivity index (χ0n) is 10.6. The first-order valence-electron chi connectivity index (χ1n) is 5.74. The lowest BCUT2D eigenvalue weighted by atomic mass is 10.3. The fourth-order valence-corrected chi connectivity index (χ4v) is 2.30. The summed E-state index contributed by atoms with van der Waals surface area (Å²) in [5.41, 5.74) is 0.343. The second-order valence-corrected chi connectivity index (χ2v) is 5.00. The molecule has 1 atom stereocenters. The van der Waals surface area contributed by atoms with Crippen LogP contribution in [0.1, 0.15) is 17.4 Å². The molecule has 0 radical (unpaired) electrons. The van der Waals surface area contributed by atoms with Crippen LogP contribution in [-0.4, -0.2) is 50.6 Å².